The van der Waals surface area contributed by atoms with Gasteiger partial charge in [0.05, 0.1) is 30.5 Å². The van der Waals surface area contributed by atoms with Crippen LogP contribution in [-0.4, -0.2) is 54.6 Å². The lowest BCUT2D eigenvalue weighted by Crippen LogP contribution is -2.50. The summed E-state index contributed by atoms with van der Waals surface area (Å²) in [5.41, 5.74) is 2.87. The molecule has 2 amide bonds. The fourth-order valence-corrected chi connectivity index (χ4v) is 4.00. The van der Waals surface area contributed by atoms with Crippen molar-refractivity contribution in [1.29, 1.82) is 0 Å². The van der Waals surface area contributed by atoms with Crippen LogP contribution in [0.5, 0.6) is 5.75 Å². The Morgan fingerprint density at radius 2 is 2.00 bits per heavy atom. The summed E-state index contributed by atoms with van der Waals surface area (Å²) in [6.07, 6.45) is 3.64. The minimum atomic E-state index is -0.903. The van der Waals surface area contributed by atoms with Crippen LogP contribution in [0.25, 0.3) is 0 Å². The number of halogens is 1. The molecule has 3 aromatic rings. The number of ether oxygens (including phenoxy) is 2. The zero-order chi connectivity index (χ0) is 25.3. The number of nitrogens with one attached hydrogen (secondary N) is 1. The van der Waals surface area contributed by atoms with Crippen LogP contribution >= 0.6 is 0 Å². The van der Waals surface area contributed by atoms with Crippen molar-refractivity contribution in [2.45, 2.75) is 19.4 Å². The highest BCUT2D eigenvalue weighted by Crippen LogP contribution is 2.32. The number of benzene rings is 2. The van der Waals surface area contributed by atoms with E-state index in [2.05, 4.69) is 22.3 Å². The van der Waals surface area contributed by atoms with Gasteiger partial charge in [0.15, 0.2) is 0 Å². The topological polar surface area (TPSA) is 85.7 Å². The Bertz CT molecular complexity index is 1370. The van der Waals surface area contributed by atoms with Crippen LogP contribution in [0, 0.1) is 23.1 Å². The van der Waals surface area contributed by atoms with Crippen LogP contribution in [0.15, 0.2) is 54.9 Å². The number of likely N-dealkylation sites (N-methyl/N-ethyl adjacent to an activating group) is 1. The third kappa shape index (κ3) is 4.95. The number of carbonyl (C=O) groups is 2. The van der Waals surface area contributed by atoms with E-state index in [1.54, 1.807) is 37.6 Å². The normalized spacial score (nSPS) is 18.1. The minimum absolute atomic E-state index is 0.0218. The van der Waals surface area contributed by atoms with Crippen molar-refractivity contribution < 1.29 is 23.5 Å². The van der Waals surface area contributed by atoms with Gasteiger partial charge in [-0.1, -0.05) is 24.0 Å². The summed E-state index contributed by atoms with van der Waals surface area (Å²) in [7, 11) is 1.64. The van der Waals surface area contributed by atoms with E-state index in [-0.39, 0.29) is 23.7 Å². The molecule has 2 aliphatic rings. The van der Waals surface area contributed by atoms with Gasteiger partial charge in [0.25, 0.3) is 5.91 Å². The predicted molar refractivity (Wildman–Crippen MR) is 130 cm³/mol. The number of amides is 2. The van der Waals surface area contributed by atoms with Crippen LogP contribution in [-0.2, 0) is 16.0 Å². The molecular formula is C27H25FN4O4. The van der Waals surface area contributed by atoms with Crippen molar-refractivity contribution in [1.82, 2.24) is 15.1 Å². The summed E-state index contributed by atoms with van der Waals surface area (Å²) in [5, 5.41) is 6.81. The average molecular weight is 489 g/mol. The molecule has 2 aromatic carbocycles. The van der Waals surface area contributed by atoms with Gasteiger partial charge in [-0.3, -0.25) is 4.79 Å². The third-order valence-electron chi connectivity index (χ3n) is 6.17. The number of hydrogen-bond donors (Lipinski definition) is 1. The Morgan fingerprint density at radius 3 is 2.72 bits per heavy atom. The molecule has 0 spiro atoms. The van der Waals surface area contributed by atoms with E-state index < -0.39 is 12.1 Å². The Hall–Kier alpha value is -4.16. The SMILES string of the molecule is CN1C(=O)[C@H](NC(=O)n2cc(Cc3ccc(F)cc3)cn2)COc2ccc(C#CC3(C)COC3)cc21. The molecule has 9 heteroatoms. The van der Waals surface area contributed by atoms with Gasteiger partial charge in [0, 0.05) is 25.2 Å². The molecule has 36 heavy (non-hydrogen) atoms. The minimum Gasteiger partial charge on any atom is -0.489 e. The second-order valence-corrected chi connectivity index (χ2v) is 9.29. The lowest BCUT2D eigenvalue weighted by molar-refractivity contribution is -0.120. The van der Waals surface area contributed by atoms with E-state index in [1.165, 1.54) is 17.0 Å². The quantitative estimate of drug-likeness (QED) is 0.573. The second kappa shape index (κ2) is 9.47. The number of fused-ring (bicyclic) bond motifs is 1. The first-order valence-electron chi connectivity index (χ1n) is 11.5. The Labute approximate surface area is 208 Å². The molecule has 0 aliphatic carbocycles. The summed E-state index contributed by atoms with van der Waals surface area (Å²) in [4.78, 5) is 27.4. The molecule has 5 rings (SSSR count). The summed E-state index contributed by atoms with van der Waals surface area (Å²) in [6, 6.07) is 10.1. The van der Waals surface area contributed by atoms with Gasteiger partial charge in [0.1, 0.15) is 24.2 Å². The smallest absolute Gasteiger partial charge is 0.342 e. The standard InChI is InChI=1S/C27H25FN4O4/c1-27(16-35-17-27)10-9-19-5-8-24-23(12-19)31(2)25(33)22(15-36-24)30-26(34)32-14-20(13-29-32)11-18-3-6-21(28)7-4-18/h3-8,12-14,22H,11,15-17H2,1-2H3,(H,30,34)/t22-/m1/s1. The molecule has 1 N–H and O–H groups in total. The maximum absolute atomic E-state index is 13.2. The first-order chi connectivity index (χ1) is 17.3. The molecule has 0 unspecified atom stereocenters. The zero-order valence-electron chi connectivity index (χ0n) is 20.0. The van der Waals surface area contributed by atoms with Crippen LogP contribution in [0.2, 0.25) is 0 Å². The maximum Gasteiger partial charge on any atom is 0.342 e. The van der Waals surface area contributed by atoms with Gasteiger partial charge in [-0.25, -0.2) is 9.18 Å². The molecule has 8 nitrogen and oxygen atoms in total. The van der Waals surface area contributed by atoms with Gasteiger partial charge in [-0.2, -0.15) is 9.78 Å². The summed E-state index contributed by atoms with van der Waals surface area (Å²) < 4.78 is 25.4. The molecule has 1 aromatic heterocycles. The van der Waals surface area contributed by atoms with E-state index in [0.717, 1.165) is 21.4 Å². The highest BCUT2D eigenvalue weighted by Gasteiger charge is 2.32. The van der Waals surface area contributed by atoms with Crippen molar-refractivity contribution in [2.24, 2.45) is 5.41 Å². The number of aromatic nitrogens is 2. The molecule has 3 heterocycles. The lowest BCUT2D eigenvalue weighted by atomic mass is 9.89. The fraction of sp³-hybridized carbons (Fsp3) is 0.296. The summed E-state index contributed by atoms with van der Waals surface area (Å²) in [5.74, 6) is 6.30. The number of nitrogens with zero attached hydrogens (tertiary/aromatic N) is 3. The zero-order valence-corrected chi connectivity index (χ0v) is 20.0. The van der Waals surface area contributed by atoms with Crippen LogP contribution in [0.1, 0.15) is 23.6 Å². The van der Waals surface area contributed by atoms with Crippen molar-refractivity contribution in [3.05, 3.63) is 77.4 Å². The Balaban J connectivity index is 1.26. The first-order valence-corrected chi connectivity index (χ1v) is 11.5. The van der Waals surface area contributed by atoms with Gasteiger partial charge in [-0.15, -0.1) is 0 Å². The molecule has 184 valence electrons. The highest BCUT2D eigenvalue weighted by molar-refractivity contribution is 6.00. The number of hydrogen-bond acceptors (Lipinski definition) is 5. The predicted octanol–water partition coefficient (Wildman–Crippen LogP) is 2.98. The van der Waals surface area contributed by atoms with Crippen LogP contribution in [0.4, 0.5) is 14.9 Å². The van der Waals surface area contributed by atoms with Gasteiger partial charge < -0.3 is 19.7 Å². The van der Waals surface area contributed by atoms with Crippen molar-refractivity contribution >= 4 is 17.6 Å². The Kier molecular flexibility index (Phi) is 6.20. The molecular weight excluding hydrogens is 463 g/mol. The molecule has 0 saturated carbocycles. The lowest BCUT2D eigenvalue weighted by Gasteiger charge is -2.32. The monoisotopic (exact) mass is 488 g/mol. The molecule has 0 bridgehead atoms. The van der Waals surface area contributed by atoms with Crippen molar-refractivity contribution in [3.63, 3.8) is 0 Å². The largest absolute Gasteiger partial charge is 0.489 e. The molecule has 0 radical (unpaired) electrons. The maximum atomic E-state index is 13.2. The summed E-state index contributed by atoms with van der Waals surface area (Å²) in [6.45, 7) is 3.24. The van der Waals surface area contributed by atoms with Crippen molar-refractivity contribution in [3.8, 4) is 17.6 Å². The van der Waals surface area contributed by atoms with E-state index >= 15 is 0 Å². The van der Waals surface area contributed by atoms with E-state index in [4.69, 9.17) is 9.47 Å². The molecule has 1 saturated heterocycles. The number of anilines is 1. The highest BCUT2D eigenvalue weighted by atomic mass is 19.1. The average Bonchev–Trinajstić information content (AvgIpc) is 3.29. The first kappa shape index (κ1) is 23.6. The third-order valence-corrected chi connectivity index (χ3v) is 6.17. The van der Waals surface area contributed by atoms with Crippen LogP contribution in [0.3, 0.4) is 0 Å². The van der Waals surface area contributed by atoms with Gasteiger partial charge in [-0.05, 0) is 48.4 Å². The number of carbonyl (C=O) groups excluding carboxylic acids is 2. The van der Waals surface area contributed by atoms with Gasteiger partial charge in [0.2, 0.25) is 0 Å². The Morgan fingerprint density at radius 1 is 1.22 bits per heavy atom. The second-order valence-electron chi connectivity index (χ2n) is 9.29. The van der Waals surface area contributed by atoms with Gasteiger partial charge >= 0.3 is 6.03 Å². The van der Waals surface area contributed by atoms with Crippen LogP contribution < -0.4 is 15.0 Å². The molecule has 1 atom stereocenters. The summed E-state index contributed by atoms with van der Waals surface area (Å²) >= 11 is 0. The van der Waals surface area contributed by atoms with E-state index in [9.17, 15) is 14.0 Å². The van der Waals surface area contributed by atoms with Crippen molar-refractivity contribution in [2.75, 3.05) is 31.8 Å². The fourth-order valence-electron chi connectivity index (χ4n) is 4.00. The molecule has 2 aliphatic heterocycles. The number of rotatable bonds is 3. The van der Waals surface area contributed by atoms with E-state index in [1.807, 2.05) is 19.1 Å². The molecule has 1 fully saturated rings. The van der Waals surface area contributed by atoms with E-state index in [0.29, 0.717) is 31.1 Å².